The second kappa shape index (κ2) is 7.78. The second-order valence-electron chi connectivity index (χ2n) is 5.07. The van der Waals surface area contributed by atoms with Crippen LogP contribution in [-0.2, 0) is 9.53 Å². The van der Waals surface area contributed by atoms with Crippen LogP contribution in [0.25, 0.3) is 0 Å². The fourth-order valence-corrected chi connectivity index (χ4v) is 2.17. The molecule has 0 unspecified atom stereocenters. The minimum atomic E-state index is -0.748. The Morgan fingerprint density at radius 3 is 2.86 bits per heavy atom. The fourth-order valence-electron chi connectivity index (χ4n) is 2.17. The number of unbranched alkanes of at least 4 members (excludes halogenated alkanes) is 1. The van der Waals surface area contributed by atoms with Gasteiger partial charge in [0.1, 0.15) is 5.82 Å². The Hall–Kier alpha value is -1.89. The zero-order valence-corrected chi connectivity index (χ0v) is 12.3. The lowest BCUT2D eigenvalue weighted by molar-refractivity contribution is -0.137. The Kier molecular flexibility index (Phi) is 5.74. The van der Waals surface area contributed by atoms with Gasteiger partial charge in [0.25, 0.3) is 0 Å². The van der Waals surface area contributed by atoms with Gasteiger partial charge in [-0.05, 0) is 19.8 Å². The predicted octanol–water partition coefficient (Wildman–Crippen LogP) is 1.29. The second-order valence-corrected chi connectivity index (χ2v) is 5.07. The monoisotopic (exact) mass is 294 g/mol. The molecule has 1 aromatic heterocycles. The maximum atomic E-state index is 10.4. The number of aliphatic carboxylic acids is 1. The number of nitrogens with zero attached hydrogens (tertiary/aromatic N) is 3. The Bertz CT molecular complexity index is 475. The number of nitrogens with one attached hydrogen (secondary N) is 1. The molecular weight excluding hydrogens is 272 g/mol. The van der Waals surface area contributed by atoms with Crippen LogP contribution in [0.15, 0.2) is 6.07 Å². The topological polar surface area (TPSA) is 87.6 Å². The predicted molar refractivity (Wildman–Crippen MR) is 79.8 cm³/mol. The molecule has 0 radical (unpaired) electrons. The summed E-state index contributed by atoms with van der Waals surface area (Å²) >= 11 is 0. The highest BCUT2D eigenvalue weighted by molar-refractivity contribution is 5.66. The van der Waals surface area contributed by atoms with E-state index in [2.05, 4.69) is 20.2 Å². The van der Waals surface area contributed by atoms with E-state index in [0.717, 1.165) is 37.0 Å². The van der Waals surface area contributed by atoms with Crippen molar-refractivity contribution in [3.05, 3.63) is 11.8 Å². The molecule has 1 aromatic rings. The van der Waals surface area contributed by atoms with Gasteiger partial charge < -0.3 is 20.1 Å². The fraction of sp³-hybridized carbons (Fsp3) is 0.643. The van der Waals surface area contributed by atoms with E-state index in [1.807, 2.05) is 13.0 Å². The van der Waals surface area contributed by atoms with Gasteiger partial charge in [-0.3, -0.25) is 4.79 Å². The van der Waals surface area contributed by atoms with Crippen LogP contribution in [0, 0.1) is 6.92 Å². The molecule has 0 spiro atoms. The zero-order chi connectivity index (χ0) is 15.1. The summed E-state index contributed by atoms with van der Waals surface area (Å²) in [5.74, 6) is 0.771. The molecule has 0 bridgehead atoms. The number of morpholine rings is 1. The molecule has 0 aliphatic carbocycles. The van der Waals surface area contributed by atoms with E-state index in [4.69, 9.17) is 9.84 Å². The normalized spacial score (nSPS) is 15.0. The van der Waals surface area contributed by atoms with Crippen molar-refractivity contribution in [2.24, 2.45) is 0 Å². The molecule has 0 aromatic carbocycles. The molecule has 2 rings (SSSR count). The van der Waals surface area contributed by atoms with Crippen LogP contribution in [0.1, 0.15) is 25.0 Å². The summed E-state index contributed by atoms with van der Waals surface area (Å²) in [6, 6.07) is 1.90. The summed E-state index contributed by atoms with van der Waals surface area (Å²) < 4.78 is 5.33. The number of aromatic nitrogens is 2. The third-order valence-corrected chi connectivity index (χ3v) is 3.26. The van der Waals surface area contributed by atoms with Crippen molar-refractivity contribution in [1.82, 2.24) is 9.97 Å². The quantitative estimate of drug-likeness (QED) is 0.733. The van der Waals surface area contributed by atoms with Gasteiger partial charge in [0.2, 0.25) is 5.95 Å². The molecule has 1 saturated heterocycles. The van der Waals surface area contributed by atoms with E-state index in [1.165, 1.54) is 0 Å². The van der Waals surface area contributed by atoms with E-state index < -0.39 is 5.97 Å². The van der Waals surface area contributed by atoms with Gasteiger partial charge in [0.05, 0.1) is 13.2 Å². The van der Waals surface area contributed by atoms with Crippen LogP contribution in [0.4, 0.5) is 11.8 Å². The number of carbonyl (C=O) groups is 1. The maximum absolute atomic E-state index is 10.4. The number of hydrogen-bond donors (Lipinski definition) is 2. The first-order chi connectivity index (χ1) is 10.1. The molecule has 0 saturated carbocycles. The van der Waals surface area contributed by atoms with E-state index in [9.17, 15) is 4.79 Å². The molecular formula is C14H22N4O3. The van der Waals surface area contributed by atoms with Crippen molar-refractivity contribution in [3.8, 4) is 0 Å². The summed E-state index contributed by atoms with van der Waals surface area (Å²) in [6.07, 6.45) is 1.69. The van der Waals surface area contributed by atoms with Crippen LogP contribution in [-0.4, -0.2) is 53.9 Å². The SMILES string of the molecule is Cc1cc(NCCCCC(=O)O)nc(N2CCOCC2)n1. The number of ether oxygens (including phenoxy) is 1. The van der Waals surface area contributed by atoms with Crippen molar-refractivity contribution in [3.63, 3.8) is 0 Å². The summed E-state index contributed by atoms with van der Waals surface area (Å²) in [6.45, 7) is 5.68. The highest BCUT2D eigenvalue weighted by Crippen LogP contribution is 2.15. The Morgan fingerprint density at radius 2 is 2.14 bits per heavy atom. The Labute approximate surface area is 124 Å². The van der Waals surface area contributed by atoms with Gasteiger partial charge in [0, 0.05) is 37.8 Å². The molecule has 116 valence electrons. The maximum Gasteiger partial charge on any atom is 0.303 e. The van der Waals surface area contributed by atoms with Crippen LogP contribution < -0.4 is 10.2 Å². The van der Waals surface area contributed by atoms with Crippen molar-refractivity contribution in [2.75, 3.05) is 43.1 Å². The van der Waals surface area contributed by atoms with Crippen LogP contribution in [0.5, 0.6) is 0 Å². The Balaban J connectivity index is 1.87. The minimum Gasteiger partial charge on any atom is -0.481 e. The number of anilines is 2. The third kappa shape index (κ3) is 5.18. The van der Waals surface area contributed by atoms with Crippen molar-refractivity contribution in [2.45, 2.75) is 26.2 Å². The van der Waals surface area contributed by atoms with Crippen molar-refractivity contribution < 1.29 is 14.6 Å². The molecule has 7 heteroatoms. The van der Waals surface area contributed by atoms with Crippen LogP contribution >= 0.6 is 0 Å². The van der Waals surface area contributed by atoms with Gasteiger partial charge in [0.15, 0.2) is 0 Å². The zero-order valence-electron chi connectivity index (χ0n) is 12.3. The standard InChI is InChI=1S/C14H22N4O3/c1-11-10-12(15-5-3-2-4-13(19)20)17-14(16-11)18-6-8-21-9-7-18/h10H,2-9H2,1H3,(H,19,20)(H,15,16,17). The highest BCUT2D eigenvalue weighted by Gasteiger charge is 2.14. The Morgan fingerprint density at radius 1 is 1.38 bits per heavy atom. The molecule has 2 N–H and O–H groups in total. The summed E-state index contributed by atoms with van der Waals surface area (Å²) in [4.78, 5) is 21.5. The number of carboxylic acid groups (broad SMARTS) is 1. The number of aryl methyl sites for hydroxylation is 1. The van der Waals surface area contributed by atoms with Gasteiger partial charge in [-0.25, -0.2) is 4.98 Å². The summed E-state index contributed by atoms with van der Waals surface area (Å²) in [7, 11) is 0. The minimum absolute atomic E-state index is 0.212. The van der Waals surface area contributed by atoms with Gasteiger partial charge in [-0.1, -0.05) is 0 Å². The molecule has 21 heavy (non-hydrogen) atoms. The van der Waals surface area contributed by atoms with E-state index >= 15 is 0 Å². The summed E-state index contributed by atoms with van der Waals surface area (Å²) in [5.41, 5.74) is 0.916. The van der Waals surface area contributed by atoms with Gasteiger partial charge in [-0.15, -0.1) is 0 Å². The molecule has 2 heterocycles. The molecule has 1 aliphatic heterocycles. The van der Waals surface area contributed by atoms with E-state index in [-0.39, 0.29) is 6.42 Å². The largest absolute Gasteiger partial charge is 0.481 e. The van der Waals surface area contributed by atoms with E-state index in [1.54, 1.807) is 0 Å². The lowest BCUT2D eigenvalue weighted by atomic mass is 10.2. The van der Waals surface area contributed by atoms with Gasteiger partial charge in [-0.2, -0.15) is 4.98 Å². The van der Waals surface area contributed by atoms with Crippen molar-refractivity contribution in [1.29, 1.82) is 0 Å². The van der Waals surface area contributed by atoms with E-state index in [0.29, 0.717) is 26.2 Å². The van der Waals surface area contributed by atoms with Crippen molar-refractivity contribution >= 4 is 17.7 Å². The molecule has 1 fully saturated rings. The van der Waals surface area contributed by atoms with Crippen LogP contribution in [0.3, 0.4) is 0 Å². The summed E-state index contributed by atoms with van der Waals surface area (Å²) in [5, 5.41) is 11.8. The first kappa shape index (κ1) is 15.5. The number of rotatable bonds is 7. The lowest BCUT2D eigenvalue weighted by Gasteiger charge is -2.27. The molecule has 0 amide bonds. The number of carboxylic acids is 1. The average Bonchev–Trinajstić information content (AvgIpc) is 2.47. The lowest BCUT2D eigenvalue weighted by Crippen LogP contribution is -2.37. The van der Waals surface area contributed by atoms with Crippen LogP contribution in [0.2, 0.25) is 0 Å². The smallest absolute Gasteiger partial charge is 0.303 e. The average molecular weight is 294 g/mol. The first-order valence-electron chi connectivity index (χ1n) is 7.29. The molecule has 0 atom stereocenters. The first-order valence-corrected chi connectivity index (χ1v) is 7.29. The highest BCUT2D eigenvalue weighted by atomic mass is 16.5. The van der Waals surface area contributed by atoms with Gasteiger partial charge >= 0.3 is 5.97 Å². The number of hydrogen-bond acceptors (Lipinski definition) is 6. The molecule has 1 aliphatic rings. The molecule has 7 nitrogen and oxygen atoms in total. The third-order valence-electron chi connectivity index (χ3n) is 3.26.